The molecular weight excluding hydrogens is 350 g/mol. The fraction of sp³-hybridized carbons (Fsp3) is 0.619. The maximum absolute atomic E-state index is 13.9. The van der Waals surface area contributed by atoms with Gasteiger partial charge in [0.2, 0.25) is 5.91 Å². The summed E-state index contributed by atoms with van der Waals surface area (Å²) in [5, 5.41) is 0. The van der Waals surface area contributed by atoms with Crippen molar-refractivity contribution in [3.8, 4) is 0 Å². The van der Waals surface area contributed by atoms with E-state index in [1.54, 1.807) is 4.90 Å². The van der Waals surface area contributed by atoms with Gasteiger partial charge in [0.25, 0.3) is 5.91 Å². The van der Waals surface area contributed by atoms with Crippen LogP contribution in [0.4, 0.5) is 8.78 Å². The first-order valence-corrected chi connectivity index (χ1v) is 10.1. The maximum atomic E-state index is 13.9. The van der Waals surface area contributed by atoms with Gasteiger partial charge in [0.15, 0.2) is 0 Å². The van der Waals surface area contributed by atoms with Gasteiger partial charge in [-0.05, 0) is 44.7 Å². The van der Waals surface area contributed by atoms with Crippen LogP contribution in [0.3, 0.4) is 0 Å². The van der Waals surface area contributed by atoms with E-state index in [-0.39, 0.29) is 17.4 Å². The largest absolute Gasteiger partial charge is 0.340 e. The summed E-state index contributed by atoms with van der Waals surface area (Å²) in [5.74, 6) is -1.85. The van der Waals surface area contributed by atoms with Crippen molar-refractivity contribution in [1.29, 1.82) is 0 Å². The fourth-order valence-electron chi connectivity index (χ4n) is 4.38. The van der Waals surface area contributed by atoms with Gasteiger partial charge in [0, 0.05) is 37.7 Å². The van der Waals surface area contributed by atoms with E-state index >= 15 is 0 Å². The van der Waals surface area contributed by atoms with Gasteiger partial charge >= 0.3 is 0 Å². The third kappa shape index (κ3) is 4.47. The van der Waals surface area contributed by atoms with Crippen LogP contribution < -0.4 is 0 Å². The molecule has 0 unspecified atom stereocenters. The van der Waals surface area contributed by atoms with Crippen molar-refractivity contribution in [2.75, 3.05) is 19.6 Å². The van der Waals surface area contributed by atoms with Gasteiger partial charge < -0.3 is 9.80 Å². The molecule has 3 rings (SSSR count). The first-order chi connectivity index (χ1) is 13.0. The molecule has 2 amide bonds. The zero-order valence-electron chi connectivity index (χ0n) is 15.9. The Hall–Kier alpha value is -1.98. The molecule has 148 valence electrons. The molecule has 6 heteroatoms. The monoisotopic (exact) mass is 378 g/mol. The zero-order chi connectivity index (χ0) is 19.4. The van der Waals surface area contributed by atoms with E-state index in [4.69, 9.17) is 0 Å². The number of carbonyl (C=O) groups is 2. The summed E-state index contributed by atoms with van der Waals surface area (Å²) in [5.41, 5.74) is -0.112. The quantitative estimate of drug-likeness (QED) is 0.795. The van der Waals surface area contributed by atoms with E-state index in [2.05, 4.69) is 0 Å². The second-order valence-electron chi connectivity index (χ2n) is 7.61. The number of carbonyl (C=O) groups excluding carboxylic acids is 2. The number of piperidine rings is 1. The van der Waals surface area contributed by atoms with E-state index in [0.717, 1.165) is 31.5 Å². The molecule has 4 nitrogen and oxygen atoms in total. The number of benzene rings is 1. The lowest BCUT2D eigenvalue weighted by Gasteiger charge is -2.38. The van der Waals surface area contributed by atoms with Crippen molar-refractivity contribution >= 4 is 11.8 Å². The number of amides is 2. The molecule has 0 atom stereocenters. The van der Waals surface area contributed by atoms with Crippen LogP contribution >= 0.6 is 0 Å². The first-order valence-electron chi connectivity index (χ1n) is 10.1. The molecule has 1 saturated carbocycles. The van der Waals surface area contributed by atoms with Crippen LogP contribution in [0, 0.1) is 17.6 Å². The molecule has 1 aliphatic heterocycles. The normalized spacial score (nSPS) is 19.1. The third-order valence-electron chi connectivity index (χ3n) is 5.93. The molecule has 0 radical (unpaired) electrons. The molecule has 1 aromatic rings. The highest BCUT2D eigenvalue weighted by molar-refractivity contribution is 5.94. The SMILES string of the molecule is CCN(C(=O)C1CCN(C(=O)c2ccc(F)cc2F)CC1)C1CCCCC1. The number of hydrogen-bond donors (Lipinski definition) is 0. The average Bonchev–Trinajstić information content (AvgIpc) is 2.69. The Labute approximate surface area is 159 Å². The predicted octanol–water partition coefficient (Wildman–Crippen LogP) is 4.00. The summed E-state index contributed by atoms with van der Waals surface area (Å²) < 4.78 is 26.9. The van der Waals surface area contributed by atoms with Crippen molar-refractivity contribution < 1.29 is 18.4 Å². The van der Waals surface area contributed by atoms with E-state index in [0.29, 0.717) is 32.0 Å². The average molecular weight is 378 g/mol. The number of halogens is 2. The summed E-state index contributed by atoms with van der Waals surface area (Å²) in [4.78, 5) is 29.1. The number of likely N-dealkylation sites (tertiary alicyclic amines) is 1. The van der Waals surface area contributed by atoms with Gasteiger partial charge in [-0.2, -0.15) is 0 Å². The molecule has 1 saturated heterocycles. The highest BCUT2D eigenvalue weighted by atomic mass is 19.1. The predicted molar refractivity (Wildman–Crippen MR) is 99.2 cm³/mol. The summed E-state index contributed by atoms with van der Waals surface area (Å²) in [6.45, 7) is 3.61. The highest BCUT2D eigenvalue weighted by Gasteiger charge is 2.33. The van der Waals surface area contributed by atoms with Crippen molar-refractivity contribution in [2.24, 2.45) is 5.92 Å². The van der Waals surface area contributed by atoms with Crippen LogP contribution in [0.15, 0.2) is 18.2 Å². The summed E-state index contributed by atoms with van der Waals surface area (Å²) in [6.07, 6.45) is 6.98. The number of nitrogens with zero attached hydrogens (tertiary/aromatic N) is 2. The Morgan fingerprint density at radius 2 is 1.74 bits per heavy atom. The lowest BCUT2D eigenvalue weighted by Crippen LogP contribution is -2.48. The van der Waals surface area contributed by atoms with Gasteiger partial charge in [0.05, 0.1) is 5.56 Å². The Morgan fingerprint density at radius 3 is 2.33 bits per heavy atom. The van der Waals surface area contributed by atoms with Crippen LogP contribution in [0.1, 0.15) is 62.2 Å². The summed E-state index contributed by atoms with van der Waals surface area (Å²) in [6, 6.07) is 3.36. The van der Waals surface area contributed by atoms with Crippen LogP contribution in [-0.4, -0.2) is 47.3 Å². The topological polar surface area (TPSA) is 40.6 Å². The number of rotatable bonds is 4. The second kappa shape index (κ2) is 8.81. The van der Waals surface area contributed by atoms with Crippen molar-refractivity contribution in [3.63, 3.8) is 0 Å². The van der Waals surface area contributed by atoms with Crippen LogP contribution in [0.5, 0.6) is 0 Å². The van der Waals surface area contributed by atoms with E-state index in [1.165, 1.54) is 25.3 Å². The molecule has 1 aromatic carbocycles. The molecular formula is C21H28F2N2O2. The van der Waals surface area contributed by atoms with E-state index in [1.807, 2.05) is 11.8 Å². The molecule has 27 heavy (non-hydrogen) atoms. The van der Waals surface area contributed by atoms with Crippen molar-refractivity contribution in [3.05, 3.63) is 35.4 Å². The molecule has 1 heterocycles. The summed E-state index contributed by atoms with van der Waals surface area (Å²) in [7, 11) is 0. The molecule has 1 aliphatic carbocycles. The standard InChI is InChI=1S/C21H28F2N2O2/c1-2-25(17-6-4-3-5-7-17)20(26)15-10-12-24(13-11-15)21(27)18-9-8-16(22)14-19(18)23/h8-9,14-15,17H,2-7,10-13H2,1H3. The van der Waals surface area contributed by atoms with Crippen molar-refractivity contribution in [2.45, 2.75) is 57.9 Å². The minimum atomic E-state index is -0.840. The summed E-state index contributed by atoms with van der Waals surface area (Å²) >= 11 is 0. The molecule has 2 aliphatic rings. The first kappa shape index (κ1) is 19.8. The van der Waals surface area contributed by atoms with Gasteiger partial charge in [0.1, 0.15) is 11.6 Å². The minimum absolute atomic E-state index is 0.0750. The van der Waals surface area contributed by atoms with E-state index in [9.17, 15) is 18.4 Å². The molecule has 2 fully saturated rings. The van der Waals surface area contributed by atoms with Gasteiger partial charge in [-0.1, -0.05) is 19.3 Å². The second-order valence-corrected chi connectivity index (χ2v) is 7.61. The zero-order valence-corrected chi connectivity index (χ0v) is 15.9. The Morgan fingerprint density at radius 1 is 1.07 bits per heavy atom. The van der Waals surface area contributed by atoms with Crippen LogP contribution in [-0.2, 0) is 4.79 Å². The lowest BCUT2D eigenvalue weighted by atomic mass is 9.90. The molecule has 0 spiro atoms. The van der Waals surface area contributed by atoms with E-state index < -0.39 is 17.5 Å². The molecule has 0 bridgehead atoms. The molecule has 0 aromatic heterocycles. The van der Waals surface area contributed by atoms with Gasteiger partial charge in [-0.25, -0.2) is 8.78 Å². The highest BCUT2D eigenvalue weighted by Crippen LogP contribution is 2.27. The molecule has 0 N–H and O–H groups in total. The minimum Gasteiger partial charge on any atom is -0.340 e. The lowest BCUT2D eigenvalue weighted by molar-refractivity contribution is -0.139. The Kier molecular flexibility index (Phi) is 6.45. The number of hydrogen-bond acceptors (Lipinski definition) is 2. The Bertz CT molecular complexity index is 681. The Balaban J connectivity index is 1.59. The maximum Gasteiger partial charge on any atom is 0.256 e. The third-order valence-corrected chi connectivity index (χ3v) is 5.93. The smallest absolute Gasteiger partial charge is 0.256 e. The fourth-order valence-corrected chi connectivity index (χ4v) is 4.38. The van der Waals surface area contributed by atoms with Crippen molar-refractivity contribution in [1.82, 2.24) is 9.80 Å². The van der Waals surface area contributed by atoms with Crippen LogP contribution in [0.25, 0.3) is 0 Å². The van der Waals surface area contributed by atoms with Crippen LogP contribution in [0.2, 0.25) is 0 Å². The van der Waals surface area contributed by atoms with Gasteiger partial charge in [-0.3, -0.25) is 9.59 Å². The van der Waals surface area contributed by atoms with Gasteiger partial charge in [-0.15, -0.1) is 0 Å².